The van der Waals surface area contributed by atoms with E-state index >= 15 is 0 Å². The van der Waals surface area contributed by atoms with E-state index in [1.54, 1.807) is 0 Å². The van der Waals surface area contributed by atoms with Crippen LogP contribution < -0.4 is 5.73 Å². The van der Waals surface area contributed by atoms with Crippen LogP contribution in [0.2, 0.25) is 0 Å². The van der Waals surface area contributed by atoms with Gasteiger partial charge in [-0.2, -0.15) is 4.48 Å². The van der Waals surface area contributed by atoms with Gasteiger partial charge >= 0.3 is 23.9 Å². The summed E-state index contributed by atoms with van der Waals surface area (Å²) < 4.78 is 21.0. The number of carbonyl (C=O) groups is 4. The van der Waals surface area contributed by atoms with Crippen LogP contribution in [0.15, 0.2) is 42.1 Å². The monoisotopic (exact) mass is 392 g/mol. The lowest BCUT2D eigenvalue weighted by Crippen LogP contribution is -2.58. The van der Waals surface area contributed by atoms with E-state index in [9.17, 15) is 19.2 Å². The molecule has 0 aliphatic carbocycles. The van der Waals surface area contributed by atoms with Gasteiger partial charge in [-0.15, -0.1) is 4.99 Å². The van der Waals surface area contributed by atoms with Crippen LogP contribution in [0.3, 0.4) is 0 Å². The number of hydrogen-bond donors (Lipinski definition) is 1. The number of likely N-dealkylation sites (N-methyl/N-ethyl adjacent to an activating group) is 1. The van der Waals surface area contributed by atoms with E-state index in [-0.39, 0.29) is 12.4 Å². The molecular weight excluding hydrogens is 374 g/mol. The summed E-state index contributed by atoms with van der Waals surface area (Å²) in [5.41, 5.74) is 5.55. The van der Waals surface area contributed by atoms with Crippen molar-refractivity contribution in [1.82, 2.24) is 0 Å². The number of urea groups is 1. The second kappa shape index (κ2) is 7.37. The first-order valence-corrected chi connectivity index (χ1v) is 8.22. The summed E-state index contributed by atoms with van der Waals surface area (Å²) in [6, 6.07) is -0.674. The maximum absolute atomic E-state index is 12.5. The molecule has 11 nitrogen and oxygen atoms in total. The zero-order chi connectivity index (χ0) is 20.5. The predicted octanol–water partition coefficient (Wildman–Crippen LogP) is -0.715. The topological polar surface area (TPSA) is 144 Å². The normalized spacial score (nSPS) is 35.6. The van der Waals surface area contributed by atoms with Crippen LogP contribution in [0.25, 0.3) is 0 Å². The van der Waals surface area contributed by atoms with E-state index in [4.69, 9.17) is 24.7 Å². The number of ether oxygens (including phenoxy) is 4. The van der Waals surface area contributed by atoms with E-state index in [0.29, 0.717) is 0 Å². The summed E-state index contributed by atoms with van der Waals surface area (Å²) in [7, 11) is 1.47. The van der Waals surface area contributed by atoms with Crippen molar-refractivity contribution in [2.75, 3.05) is 13.7 Å². The first kappa shape index (κ1) is 19.5. The smallest absolute Gasteiger partial charge is 0.451 e. The fraction of sp³-hybridized carbons (Fsp3) is 0.353. The third-order valence-corrected chi connectivity index (χ3v) is 4.42. The molecule has 0 radical (unpaired) electrons. The fourth-order valence-corrected chi connectivity index (χ4v) is 2.99. The van der Waals surface area contributed by atoms with E-state index in [1.165, 1.54) is 19.3 Å². The molecule has 11 heteroatoms. The molecule has 0 aromatic carbocycles. The van der Waals surface area contributed by atoms with Gasteiger partial charge in [-0.25, -0.2) is 19.2 Å². The lowest BCUT2D eigenvalue weighted by molar-refractivity contribution is -0.834. The summed E-state index contributed by atoms with van der Waals surface area (Å²) in [6.45, 7) is 2.97. The molecule has 0 saturated carbocycles. The number of fused-ring (bicyclic) bond motifs is 1. The summed E-state index contributed by atoms with van der Waals surface area (Å²) in [4.78, 5) is 51.5. The summed E-state index contributed by atoms with van der Waals surface area (Å²) in [6.07, 6.45) is 1.19. The van der Waals surface area contributed by atoms with Crippen LogP contribution >= 0.6 is 0 Å². The van der Waals surface area contributed by atoms with Crippen molar-refractivity contribution in [2.24, 2.45) is 10.7 Å². The Kier molecular flexibility index (Phi) is 5.12. The van der Waals surface area contributed by atoms with Crippen molar-refractivity contribution >= 4 is 29.8 Å². The van der Waals surface area contributed by atoms with Gasteiger partial charge in [0.1, 0.15) is 24.7 Å². The van der Waals surface area contributed by atoms with Gasteiger partial charge in [-0.3, -0.25) is 0 Å². The van der Waals surface area contributed by atoms with Crippen LogP contribution in [-0.2, 0) is 33.3 Å². The highest BCUT2D eigenvalue weighted by atomic mass is 16.7. The third kappa shape index (κ3) is 3.57. The zero-order valence-electron chi connectivity index (χ0n) is 14.8. The van der Waals surface area contributed by atoms with Gasteiger partial charge in [-0.05, 0) is 0 Å². The number of quaternary nitrogens is 1. The van der Waals surface area contributed by atoms with Gasteiger partial charge in [0.05, 0.1) is 7.05 Å². The lowest BCUT2D eigenvalue weighted by Gasteiger charge is -2.34. The van der Waals surface area contributed by atoms with Crippen molar-refractivity contribution in [3.05, 3.63) is 37.1 Å². The Hall–Kier alpha value is -3.31. The quantitative estimate of drug-likeness (QED) is 0.284. The highest BCUT2D eigenvalue weighted by molar-refractivity contribution is 5.99. The summed E-state index contributed by atoms with van der Waals surface area (Å²) in [5.74, 6) is -2.33. The number of nitrogens with two attached hydrogens (primary N) is 1. The van der Waals surface area contributed by atoms with Crippen molar-refractivity contribution in [3.8, 4) is 0 Å². The molecule has 1 saturated heterocycles. The number of rotatable bonds is 4. The Labute approximate surface area is 159 Å². The molecule has 3 heterocycles. The Morgan fingerprint density at radius 3 is 2.50 bits per heavy atom. The van der Waals surface area contributed by atoms with Gasteiger partial charge in [0.2, 0.25) is 12.3 Å². The predicted molar refractivity (Wildman–Crippen MR) is 91.1 cm³/mol. The minimum atomic E-state index is -1.16. The molecule has 5 atom stereocenters. The fourth-order valence-electron chi connectivity index (χ4n) is 2.99. The zero-order valence-corrected chi connectivity index (χ0v) is 14.8. The molecule has 2 amide bonds. The average molecular weight is 392 g/mol. The van der Waals surface area contributed by atoms with Gasteiger partial charge in [0, 0.05) is 24.3 Å². The molecule has 3 aliphatic rings. The molecular formula is C17H18N3O8+. The largest absolute Gasteiger partial charge is 0.460 e. The Bertz CT molecular complexity index is 832. The Morgan fingerprint density at radius 2 is 1.89 bits per heavy atom. The number of esters is 3. The highest BCUT2D eigenvalue weighted by Crippen LogP contribution is 2.35. The molecule has 2 N–H and O–H groups in total. The first-order valence-electron chi connectivity index (χ1n) is 8.22. The highest BCUT2D eigenvalue weighted by Gasteiger charge is 2.60. The maximum atomic E-state index is 12.5. The average Bonchev–Trinajstić information content (AvgIpc) is 2.97. The molecule has 0 bridgehead atoms. The number of amidine groups is 1. The first-order chi connectivity index (χ1) is 13.2. The number of amides is 2. The molecule has 0 spiro atoms. The van der Waals surface area contributed by atoms with Crippen molar-refractivity contribution in [2.45, 2.75) is 24.5 Å². The molecule has 1 fully saturated rings. The van der Waals surface area contributed by atoms with Crippen LogP contribution in [-0.4, -0.2) is 72.5 Å². The lowest BCUT2D eigenvalue weighted by atomic mass is 10.1. The van der Waals surface area contributed by atoms with Gasteiger partial charge in [0.15, 0.2) is 6.10 Å². The molecule has 0 aromatic rings. The maximum Gasteiger partial charge on any atom is 0.451 e. The third-order valence-electron chi connectivity index (χ3n) is 4.42. The molecule has 3 aliphatic heterocycles. The minimum Gasteiger partial charge on any atom is -0.460 e. The summed E-state index contributed by atoms with van der Waals surface area (Å²) in [5, 5.41) is 0. The van der Waals surface area contributed by atoms with E-state index in [2.05, 4.69) is 11.6 Å². The Balaban J connectivity index is 1.94. The SMILES string of the molecule is C=CC(=O)OC[C@H]1O[C@@H]([N+]2(C)C=CC(N)=NC2=O)[C@@H]2OC(=O)/C=C\C(=O)O[C@@H]21. The number of nitrogens with zero attached hydrogens (tertiary/aromatic N) is 2. The second-order valence-corrected chi connectivity index (χ2v) is 6.32. The molecule has 148 valence electrons. The minimum absolute atomic E-state index is 0.00984. The van der Waals surface area contributed by atoms with E-state index in [0.717, 1.165) is 18.2 Å². The van der Waals surface area contributed by atoms with Crippen LogP contribution in [0.4, 0.5) is 4.79 Å². The molecule has 3 rings (SSSR count). The van der Waals surface area contributed by atoms with E-state index in [1.807, 2.05) is 0 Å². The van der Waals surface area contributed by atoms with Crippen molar-refractivity contribution < 1.29 is 42.6 Å². The van der Waals surface area contributed by atoms with Crippen molar-refractivity contribution in [3.63, 3.8) is 0 Å². The standard InChI is InChI=1S/C17H17N3O8/c1-3-11(21)25-8-9-14-15(28-13(23)5-4-12(22)27-14)16(26-9)20(2)7-6-10(18)19-17(20)24/h3-7,9,14-16H,1,8H2,2H3,(H-,18,19,24)/p+1/b5-4-/t9-,14-,15-,16-,20?/m1/s1. The number of carbonyl (C=O) groups excluding carboxylic acids is 4. The second-order valence-electron chi connectivity index (χ2n) is 6.32. The van der Waals surface area contributed by atoms with Crippen molar-refractivity contribution in [1.29, 1.82) is 0 Å². The van der Waals surface area contributed by atoms with Gasteiger partial charge in [-0.1, -0.05) is 6.58 Å². The van der Waals surface area contributed by atoms with Gasteiger partial charge in [0.25, 0.3) is 0 Å². The Morgan fingerprint density at radius 1 is 1.25 bits per heavy atom. The molecule has 28 heavy (non-hydrogen) atoms. The van der Waals surface area contributed by atoms with Crippen LogP contribution in [0.1, 0.15) is 0 Å². The molecule has 0 aromatic heterocycles. The van der Waals surface area contributed by atoms with Crippen LogP contribution in [0, 0.1) is 0 Å². The van der Waals surface area contributed by atoms with Gasteiger partial charge < -0.3 is 24.7 Å². The van der Waals surface area contributed by atoms with Crippen LogP contribution in [0.5, 0.6) is 0 Å². The van der Waals surface area contributed by atoms with E-state index < -0.39 is 53.0 Å². The summed E-state index contributed by atoms with van der Waals surface area (Å²) >= 11 is 0. The molecule has 1 unspecified atom stereocenters. The number of hydrogen-bond acceptors (Lipinski definition) is 9. The number of aliphatic imine (C=N–C) groups is 1.